The molecule has 1 aliphatic carbocycles. The molecule has 0 N–H and O–H groups in total. The van der Waals surface area contributed by atoms with Crippen LogP contribution in [-0.2, 0) is 0 Å². The molecule has 4 aromatic heterocycles. The van der Waals surface area contributed by atoms with Crippen molar-refractivity contribution in [3.8, 4) is 33.6 Å². The van der Waals surface area contributed by atoms with Crippen LogP contribution in [0, 0.1) is 0 Å². The van der Waals surface area contributed by atoms with Gasteiger partial charge in [-0.25, -0.2) is 9.03 Å². The summed E-state index contributed by atoms with van der Waals surface area (Å²) in [6.45, 7) is 7.96. The van der Waals surface area contributed by atoms with Gasteiger partial charge < -0.3 is 0 Å². The van der Waals surface area contributed by atoms with Crippen LogP contribution in [-0.4, -0.2) is 19.2 Å². The van der Waals surface area contributed by atoms with Gasteiger partial charge in [0.05, 0.1) is 33.1 Å². The summed E-state index contributed by atoms with van der Waals surface area (Å²) in [5.41, 5.74) is 8.56. The molecule has 1 aliphatic rings. The van der Waals surface area contributed by atoms with Crippen molar-refractivity contribution in [3.63, 3.8) is 0 Å². The predicted molar refractivity (Wildman–Crippen MR) is 157 cm³/mol. The van der Waals surface area contributed by atoms with Crippen molar-refractivity contribution < 1.29 is 0 Å². The third-order valence-corrected chi connectivity index (χ3v) is 7.26. The van der Waals surface area contributed by atoms with Crippen molar-refractivity contribution in [2.24, 2.45) is 0 Å². The van der Waals surface area contributed by atoms with Gasteiger partial charge in [-0.1, -0.05) is 86.0 Å². The average molecular weight is 491 g/mol. The second-order valence-electron chi connectivity index (χ2n) is 9.70. The topological polar surface area (TPSA) is 34.6 Å². The summed E-state index contributed by atoms with van der Waals surface area (Å²) in [6, 6.07) is 29.9. The zero-order valence-electron chi connectivity index (χ0n) is 21.0. The molecular weight excluding hydrogens is 464 g/mol. The second kappa shape index (κ2) is 8.86. The van der Waals surface area contributed by atoms with Crippen molar-refractivity contribution in [2.75, 3.05) is 0 Å². The monoisotopic (exact) mass is 490 g/mol. The van der Waals surface area contributed by atoms with Gasteiger partial charge in [-0.2, -0.15) is 10.2 Å². The maximum Gasteiger partial charge on any atom is 0.0934 e. The van der Waals surface area contributed by atoms with Crippen molar-refractivity contribution in [1.29, 1.82) is 0 Å². The summed E-state index contributed by atoms with van der Waals surface area (Å²) < 4.78 is 4.00. The number of fused-ring (bicyclic) bond motifs is 4. The minimum absolute atomic E-state index is 0.921. The molecule has 7 rings (SSSR count). The van der Waals surface area contributed by atoms with E-state index in [2.05, 4.69) is 103 Å². The number of hydrogen-bond donors (Lipinski definition) is 0. The molecule has 0 amide bonds. The van der Waals surface area contributed by atoms with E-state index in [-0.39, 0.29) is 0 Å². The van der Waals surface area contributed by atoms with E-state index in [0.29, 0.717) is 0 Å². The Balaban J connectivity index is 1.24. The van der Waals surface area contributed by atoms with Crippen LogP contribution in [0.5, 0.6) is 0 Å². The number of aromatic nitrogens is 4. The van der Waals surface area contributed by atoms with E-state index in [4.69, 9.17) is 10.2 Å². The quantitative estimate of drug-likeness (QED) is 0.359. The normalized spacial score (nSPS) is 13.3. The number of nitrogens with zero attached hydrogens (tertiary/aromatic N) is 4. The van der Waals surface area contributed by atoms with Crippen LogP contribution in [0.3, 0.4) is 0 Å². The van der Waals surface area contributed by atoms with Crippen LogP contribution in [0.2, 0.25) is 0 Å². The Morgan fingerprint density at radius 2 is 1.34 bits per heavy atom. The summed E-state index contributed by atoms with van der Waals surface area (Å²) in [5.74, 6) is 0. The molecule has 2 aromatic carbocycles. The van der Waals surface area contributed by atoms with Gasteiger partial charge >= 0.3 is 0 Å². The zero-order valence-corrected chi connectivity index (χ0v) is 21.0. The summed E-state index contributed by atoms with van der Waals surface area (Å²) in [6.07, 6.45) is 10.5. The maximum atomic E-state index is 4.97. The third-order valence-electron chi connectivity index (χ3n) is 7.26. The lowest BCUT2D eigenvalue weighted by Gasteiger charge is -2.05. The van der Waals surface area contributed by atoms with Crippen molar-refractivity contribution >= 4 is 35.8 Å². The first-order valence-corrected chi connectivity index (χ1v) is 12.9. The smallest absolute Gasteiger partial charge is 0.0934 e. The predicted octanol–water partition coefficient (Wildman–Crippen LogP) is 4.71. The Morgan fingerprint density at radius 3 is 2.18 bits per heavy atom. The average Bonchev–Trinajstić information content (AvgIpc) is 3.60. The minimum atomic E-state index is 0.921. The van der Waals surface area contributed by atoms with Gasteiger partial charge in [-0.05, 0) is 70.8 Å². The van der Waals surface area contributed by atoms with Crippen molar-refractivity contribution in [1.82, 2.24) is 19.2 Å². The van der Waals surface area contributed by atoms with E-state index in [1.54, 1.807) is 6.08 Å². The number of rotatable bonds is 4. The van der Waals surface area contributed by atoms with Gasteiger partial charge in [0, 0.05) is 11.1 Å². The molecule has 0 unspecified atom stereocenters. The van der Waals surface area contributed by atoms with Crippen LogP contribution in [0.15, 0.2) is 97.6 Å². The van der Waals surface area contributed by atoms with Gasteiger partial charge in [-0.3, -0.25) is 0 Å². The Bertz CT molecular complexity index is 2110. The molecule has 0 saturated heterocycles. The first-order chi connectivity index (χ1) is 18.7. The Labute approximate surface area is 220 Å². The molecule has 0 aliphatic heterocycles. The van der Waals surface area contributed by atoms with Gasteiger partial charge in [-0.15, -0.1) is 0 Å². The van der Waals surface area contributed by atoms with E-state index in [1.165, 1.54) is 10.6 Å². The molecule has 0 atom stereocenters. The van der Waals surface area contributed by atoms with Gasteiger partial charge in [0.15, 0.2) is 0 Å². The van der Waals surface area contributed by atoms with Crippen LogP contribution in [0.1, 0.15) is 12.8 Å². The zero-order chi connectivity index (χ0) is 25.6. The highest BCUT2D eigenvalue weighted by Gasteiger charge is 2.10. The number of hydrogen-bond acceptors (Lipinski definition) is 2. The van der Waals surface area contributed by atoms with Crippen LogP contribution < -0.4 is 21.1 Å². The van der Waals surface area contributed by atoms with E-state index in [9.17, 15) is 0 Å². The molecule has 4 heteroatoms. The van der Waals surface area contributed by atoms with E-state index < -0.39 is 0 Å². The fraction of sp³-hybridized carbons (Fsp3) is 0.0588. The number of allylic oxidation sites excluding steroid dienone is 1. The van der Waals surface area contributed by atoms with E-state index in [1.807, 2.05) is 22.7 Å². The fourth-order valence-electron chi connectivity index (χ4n) is 5.30. The standard InChI is InChI=1S/C34H26N4/c1-3-7-33-23(2)12-18-29-21-31(35-37(29)33)25-15-13-24(14-16-25)27-9-6-10-28(20-27)32-22-30-19-17-26-8-4-5-11-34(26)38(30)36-32/h3,6-22H,1-2,4-5H2/b33-7+. The lowest BCUT2D eigenvalue weighted by Crippen LogP contribution is -2.33. The molecule has 4 heterocycles. The largest absolute Gasteiger partial charge is 0.233 e. The maximum absolute atomic E-state index is 4.97. The summed E-state index contributed by atoms with van der Waals surface area (Å²) in [5, 5.41) is 14.1. The van der Waals surface area contributed by atoms with Gasteiger partial charge in [0.25, 0.3) is 0 Å². The Hall–Kier alpha value is -4.96. The Kier molecular flexibility index (Phi) is 5.19. The van der Waals surface area contributed by atoms with Crippen LogP contribution >= 0.6 is 0 Å². The molecule has 6 aromatic rings. The molecule has 0 saturated carbocycles. The highest BCUT2D eigenvalue weighted by atomic mass is 15.2. The van der Waals surface area contributed by atoms with E-state index >= 15 is 0 Å². The molecule has 4 nitrogen and oxygen atoms in total. The highest BCUT2D eigenvalue weighted by molar-refractivity contribution is 5.75. The SMILES string of the molecule is C=C/C=c1\c(=C)ccc2cc(-c3ccc(-c4cccc(-c5cc6ccc7c(n6n5)=CCCC=7)c4)cc3)nn12. The first kappa shape index (κ1) is 22.3. The second-order valence-corrected chi connectivity index (χ2v) is 9.70. The number of benzene rings is 2. The third kappa shape index (κ3) is 3.70. The van der Waals surface area contributed by atoms with Crippen LogP contribution in [0.4, 0.5) is 0 Å². The summed E-state index contributed by atoms with van der Waals surface area (Å²) >= 11 is 0. The van der Waals surface area contributed by atoms with Crippen molar-refractivity contribution in [2.45, 2.75) is 12.8 Å². The molecule has 38 heavy (non-hydrogen) atoms. The highest BCUT2D eigenvalue weighted by Crippen LogP contribution is 2.28. The van der Waals surface area contributed by atoms with Gasteiger partial charge in [0.2, 0.25) is 0 Å². The fourth-order valence-corrected chi connectivity index (χ4v) is 5.30. The lowest BCUT2D eigenvalue weighted by atomic mass is 10.00. The van der Waals surface area contributed by atoms with Crippen LogP contribution in [0.25, 0.3) is 69.5 Å². The molecule has 0 fully saturated rings. The Morgan fingerprint density at radius 1 is 0.658 bits per heavy atom. The molecular formula is C34H26N4. The van der Waals surface area contributed by atoms with Gasteiger partial charge in [0.1, 0.15) is 0 Å². The van der Waals surface area contributed by atoms with Crippen molar-refractivity contribution in [3.05, 3.63) is 119 Å². The molecule has 0 radical (unpaired) electrons. The molecule has 182 valence electrons. The summed E-state index contributed by atoms with van der Waals surface area (Å²) in [7, 11) is 0. The molecule has 0 spiro atoms. The molecule has 0 bridgehead atoms. The minimum Gasteiger partial charge on any atom is -0.233 e. The first-order valence-electron chi connectivity index (χ1n) is 12.9. The lowest BCUT2D eigenvalue weighted by molar-refractivity contribution is 0.904. The number of pyridine rings is 2. The summed E-state index contributed by atoms with van der Waals surface area (Å²) in [4.78, 5) is 0. The van der Waals surface area contributed by atoms with E-state index in [0.717, 1.165) is 68.1 Å².